The van der Waals surface area contributed by atoms with Gasteiger partial charge in [0.1, 0.15) is 72.7 Å². The molecule has 0 aliphatic rings. The lowest BCUT2D eigenvalue weighted by Crippen LogP contribution is -2.37. The summed E-state index contributed by atoms with van der Waals surface area (Å²) in [7, 11) is 1.28. The minimum atomic E-state index is -0.874. The van der Waals surface area contributed by atoms with Gasteiger partial charge in [-0.15, -0.1) is 0 Å². The van der Waals surface area contributed by atoms with E-state index in [1.807, 2.05) is 73.6 Å². The predicted molar refractivity (Wildman–Crippen MR) is 364 cm³/mol. The average molecular weight is 1440 g/mol. The number of nitrogens with one attached hydrogen (secondary N) is 3. The topological polar surface area (TPSA) is 449 Å². The average Bonchev–Trinajstić information content (AvgIpc) is 0.873. The Kier molecular flexibility index (Phi) is 72.3. The molecule has 0 aliphatic carbocycles. The molecular formula is C69H112N6O26. The summed E-state index contributed by atoms with van der Waals surface area (Å²) >= 11 is 0. The van der Waals surface area contributed by atoms with Crippen molar-refractivity contribution in [2.45, 2.75) is 167 Å². The molecule has 3 N–H and O–H groups in total. The summed E-state index contributed by atoms with van der Waals surface area (Å²) in [5, 5.41) is 31.6. The molecule has 32 nitrogen and oxygen atoms in total. The molecule has 0 aromatic rings. The summed E-state index contributed by atoms with van der Waals surface area (Å²) in [6.45, 7) is 33.1. The Hall–Kier alpha value is -9.80. The van der Waals surface area contributed by atoms with Gasteiger partial charge in [0.2, 0.25) is 0 Å². The van der Waals surface area contributed by atoms with E-state index in [4.69, 9.17) is 58.4 Å². The highest BCUT2D eigenvalue weighted by atomic mass is 16.6. The van der Waals surface area contributed by atoms with Crippen LogP contribution in [-0.4, -0.2) is 184 Å². The van der Waals surface area contributed by atoms with Crippen LogP contribution in [0.25, 0.3) is 0 Å². The van der Waals surface area contributed by atoms with Crippen LogP contribution in [0.2, 0.25) is 0 Å². The molecule has 0 rings (SSSR count). The standard InChI is InChI=1S/C19H31NO8.2C13H21NO6.3C8H13NO2/c1-4-15(3)18(23)27-14-13-26-17(22)9-7-6-8-11-28-19(24)20-10-12-25-16(21)5-2;1-5-10(15)19-8-7-14-12(17)20-9-13(3,6-2)11(16)18-4;1-4-10(3)12(16)19-8-9-20-13(17)14-6-7-18-11(15)5-2;3*1-3-7(2)8(10)11-6-4-5-9/h5,15H,2,4,6-14H2,1,3H3,(H,20,24);5H,1,6-9H2,2-4H3,(H,14,17);5,10H,2,4,6-9H2,1,3H3,(H,14,17);3*7H,3-4,6H2,1-2H3. The maximum Gasteiger partial charge on any atom is 0.407 e. The zero-order valence-corrected chi connectivity index (χ0v) is 61.5. The van der Waals surface area contributed by atoms with Crippen LogP contribution in [0.1, 0.15) is 167 Å². The summed E-state index contributed by atoms with van der Waals surface area (Å²) in [6.07, 6.45) is 8.37. The number of ether oxygens (including phenoxy) is 13. The fourth-order valence-corrected chi connectivity index (χ4v) is 5.52. The maximum absolute atomic E-state index is 11.5. The van der Waals surface area contributed by atoms with E-state index in [0.717, 1.165) is 37.5 Å². The van der Waals surface area contributed by atoms with Gasteiger partial charge in [0.25, 0.3) is 0 Å². The molecule has 0 radical (unpaired) electrons. The first kappa shape index (κ1) is 102. The number of hydrogen-bond acceptors (Lipinski definition) is 29. The summed E-state index contributed by atoms with van der Waals surface area (Å²) in [4.78, 5) is 145. The van der Waals surface area contributed by atoms with Gasteiger partial charge in [-0.25, -0.2) is 28.8 Å². The number of alkyl carbamates (subject to hydrolysis) is 3. The third-order valence-electron chi connectivity index (χ3n) is 13.2. The first-order chi connectivity index (χ1) is 48.0. The van der Waals surface area contributed by atoms with Crippen LogP contribution in [0.15, 0.2) is 38.0 Å². The number of carbonyl (C=O) groups excluding carboxylic acids is 13. The predicted octanol–water partition coefficient (Wildman–Crippen LogP) is 8.67. The Morgan fingerprint density at radius 1 is 0.386 bits per heavy atom. The number of unbranched alkanes of at least 4 members (excludes halogenated alkanes) is 2. The van der Waals surface area contributed by atoms with Crippen molar-refractivity contribution in [3.63, 3.8) is 0 Å². The molecule has 0 bridgehead atoms. The van der Waals surface area contributed by atoms with Crippen LogP contribution in [-0.2, 0) is 110 Å². The smallest absolute Gasteiger partial charge is 0.407 e. The van der Waals surface area contributed by atoms with Gasteiger partial charge in [0.05, 0.1) is 106 Å². The van der Waals surface area contributed by atoms with E-state index < -0.39 is 47.6 Å². The number of methoxy groups -OCH3 is 1. The number of esters is 10. The molecule has 574 valence electrons. The van der Waals surface area contributed by atoms with E-state index in [1.54, 1.807) is 27.7 Å². The van der Waals surface area contributed by atoms with E-state index in [2.05, 4.69) is 54.6 Å². The van der Waals surface area contributed by atoms with Crippen molar-refractivity contribution in [1.82, 2.24) is 16.0 Å². The molecule has 6 unspecified atom stereocenters. The van der Waals surface area contributed by atoms with Crippen LogP contribution < -0.4 is 16.0 Å². The van der Waals surface area contributed by atoms with Crippen molar-refractivity contribution in [2.24, 2.45) is 35.0 Å². The number of hydrogen-bond donors (Lipinski definition) is 3. The summed E-state index contributed by atoms with van der Waals surface area (Å²) in [5.41, 5.74) is -0.874. The Morgan fingerprint density at radius 2 is 0.673 bits per heavy atom. The number of carbonyl (C=O) groups is 13. The SMILES string of the molecule is C=CC(=O)OCCNC(=O)OCC(C)(CC)C(=O)OC.C=CC(=O)OCCNC(=O)OCCCCCC(=O)OCCOC(=O)C(C)CC.C=CC(=O)OCCNC(=O)OCCOC(=O)C(C)CC.CCC(C)C(=O)OCCC#N.CCC(C)C(=O)OCCC#N.CCC(C)C(=O)OCCC#N. The van der Waals surface area contributed by atoms with Crippen LogP contribution in [0, 0.1) is 69.0 Å². The maximum atomic E-state index is 11.5. The monoisotopic (exact) mass is 1440 g/mol. The second-order valence-corrected chi connectivity index (χ2v) is 21.3. The van der Waals surface area contributed by atoms with Crippen molar-refractivity contribution in [3.8, 4) is 18.2 Å². The Balaban J connectivity index is -0.000000278. The van der Waals surface area contributed by atoms with Gasteiger partial charge in [-0.3, -0.25) is 33.6 Å². The summed E-state index contributed by atoms with van der Waals surface area (Å²) < 4.78 is 62.4. The second kappa shape index (κ2) is 71.5. The third kappa shape index (κ3) is 67.2. The van der Waals surface area contributed by atoms with E-state index in [1.165, 1.54) is 7.11 Å². The number of nitriles is 3. The van der Waals surface area contributed by atoms with Crippen molar-refractivity contribution < 1.29 is 124 Å². The van der Waals surface area contributed by atoms with Gasteiger partial charge in [-0.2, -0.15) is 15.8 Å². The molecule has 0 saturated heterocycles. The van der Waals surface area contributed by atoms with Gasteiger partial charge in [0.15, 0.2) is 0 Å². The lowest BCUT2D eigenvalue weighted by Gasteiger charge is -2.24. The zero-order valence-electron chi connectivity index (χ0n) is 61.5. The highest BCUT2D eigenvalue weighted by Crippen LogP contribution is 2.23. The molecular weight excluding hydrogens is 1330 g/mol. The summed E-state index contributed by atoms with van der Waals surface area (Å²) in [5.74, 6) is -4.15. The molecule has 0 aliphatic heterocycles. The number of rotatable bonds is 44. The summed E-state index contributed by atoms with van der Waals surface area (Å²) in [6, 6.07) is 5.71. The molecule has 101 heavy (non-hydrogen) atoms. The molecule has 3 amide bonds. The molecule has 0 aromatic carbocycles. The Labute approximate surface area is 595 Å². The second-order valence-electron chi connectivity index (χ2n) is 21.3. The van der Waals surface area contributed by atoms with Crippen LogP contribution >= 0.6 is 0 Å². The molecule has 0 saturated carbocycles. The minimum Gasteiger partial charge on any atom is -0.469 e. The number of amides is 3. The van der Waals surface area contributed by atoms with Crippen molar-refractivity contribution in [2.75, 3.05) is 106 Å². The van der Waals surface area contributed by atoms with Crippen LogP contribution in [0.4, 0.5) is 14.4 Å². The largest absolute Gasteiger partial charge is 0.469 e. The molecule has 0 aromatic heterocycles. The van der Waals surface area contributed by atoms with Gasteiger partial charge in [-0.05, 0) is 64.7 Å². The molecule has 0 fully saturated rings. The van der Waals surface area contributed by atoms with Crippen molar-refractivity contribution >= 4 is 78.0 Å². The van der Waals surface area contributed by atoms with E-state index in [9.17, 15) is 62.3 Å². The molecule has 6 atom stereocenters. The van der Waals surface area contributed by atoms with Gasteiger partial charge in [0, 0.05) is 24.6 Å². The Bertz CT molecular complexity index is 2460. The van der Waals surface area contributed by atoms with Crippen molar-refractivity contribution in [1.29, 1.82) is 15.8 Å². The third-order valence-corrected chi connectivity index (χ3v) is 13.2. The minimum absolute atomic E-state index is 0.0159. The lowest BCUT2D eigenvalue weighted by molar-refractivity contribution is -0.154. The van der Waals surface area contributed by atoms with E-state index in [-0.39, 0.29) is 190 Å². The molecule has 0 spiro atoms. The molecule has 32 heteroatoms. The first-order valence-electron chi connectivity index (χ1n) is 33.2. The zero-order chi connectivity index (χ0) is 78.2. The quantitative estimate of drug-likeness (QED) is 0.0222. The fraction of sp³-hybridized carbons (Fsp3) is 0.681. The first-order valence-corrected chi connectivity index (χ1v) is 33.2. The number of nitrogens with zero attached hydrogens (tertiary/aromatic N) is 3. The van der Waals surface area contributed by atoms with Gasteiger partial charge < -0.3 is 77.5 Å². The van der Waals surface area contributed by atoms with Crippen LogP contribution in [0.5, 0.6) is 0 Å². The van der Waals surface area contributed by atoms with Crippen molar-refractivity contribution in [3.05, 3.63) is 38.0 Å². The Morgan fingerprint density at radius 3 is 0.960 bits per heavy atom. The lowest BCUT2D eigenvalue weighted by atomic mass is 9.89. The highest BCUT2D eigenvalue weighted by molar-refractivity contribution is 5.82. The molecule has 0 heterocycles. The fourth-order valence-electron chi connectivity index (χ4n) is 5.52. The van der Waals surface area contributed by atoms with E-state index in [0.29, 0.717) is 38.5 Å². The van der Waals surface area contributed by atoms with Gasteiger partial charge in [-0.1, -0.05) is 95.9 Å². The highest BCUT2D eigenvalue weighted by Gasteiger charge is 2.34. The normalized spacial score (nSPS) is 11.6. The van der Waals surface area contributed by atoms with Crippen LogP contribution in [0.3, 0.4) is 0 Å². The van der Waals surface area contributed by atoms with Gasteiger partial charge >= 0.3 is 78.0 Å². The van der Waals surface area contributed by atoms with E-state index >= 15 is 0 Å².